The van der Waals surface area contributed by atoms with Gasteiger partial charge < -0.3 is 10.0 Å². The number of carboxylic acids is 1. The molecule has 0 spiro atoms. The van der Waals surface area contributed by atoms with Crippen molar-refractivity contribution in [1.29, 1.82) is 0 Å². The topological polar surface area (TPSA) is 83.7 Å². The Morgan fingerprint density at radius 1 is 1.44 bits per heavy atom. The Kier molecular flexibility index (Phi) is 3.59. The van der Waals surface area contributed by atoms with E-state index in [1.807, 2.05) is 0 Å². The number of carbonyl (C=O) groups is 1. The third-order valence-electron chi connectivity index (χ3n) is 3.20. The van der Waals surface area contributed by atoms with Crippen LogP contribution in [-0.4, -0.2) is 28.6 Å². The van der Waals surface area contributed by atoms with E-state index in [0.29, 0.717) is 11.3 Å². The van der Waals surface area contributed by atoms with Gasteiger partial charge in [-0.05, 0) is 26.8 Å². The zero-order valence-electron chi connectivity index (χ0n) is 10.8. The van der Waals surface area contributed by atoms with Gasteiger partial charge in [0.1, 0.15) is 5.54 Å². The molecule has 0 saturated heterocycles. The van der Waals surface area contributed by atoms with Crippen molar-refractivity contribution in [1.82, 2.24) is 0 Å². The predicted molar refractivity (Wildman–Crippen MR) is 68.0 cm³/mol. The predicted octanol–water partition coefficient (Wildman–Crippen LogP) is 2.20. The molecule has 1 aromatic rings. The number of nitro benzene ring substituents is 1. The Balaban J connectivity index is 3.31. The van der Waals surface area contributed by atoms with Crippen molar-refractivity contribution in [3.63, 3.8) is 0 Å². The molecule has 0 atom stereocenters. The first-order valence-corrected chi connectivity index (χ1v) is 5.40. The standard InChI is InChI=1S/C12H16N2O4/c1-8-9(6-5-7-10(8)14(17)18)13(4)12(2,3)11(15)16/h5-7H,1-4H3,(H,15,16). The molecule has 0 fully saturated rings. The summed E-state index contributed by atoms with van der Waals surface area (Å²) in [6.07, 6.45) is 0. The van der Waals surface area contributed by atoms with E-state index in [0.717, 1.165) is 0 Å². The molecule has 0 aliphatic heterocycles. The van der Waals surface area contributed by atoms with Gasteiger partial charge in [0.25, 0.3) is 5.69 Å². The Labute approximate surface area is 105 Å². The van der Waals surface area contributed by atoms with Crippen molar-refractivity contribution in [2.75, 3.05) is 11.9 Å². The minimum atomic E-state index is -1.14. The van der Waals surface area contributed by atoms with Crippen LogP contribution >= 0.6 is 0 Å². The molecule has 1 aromatic carbocycles. The van der Waals surface area contributed by atoms with Gasteiger partial charge in [-0.15, -0.1) is 0 Å². The lowest BCUT2D eigenvalue weighted by atomic mass is 10.0. The average molecular weight is 252 g/mol. The third kappa shape index (κ3) is 2.27. The zero-order valence-corrected chi connectivity index (χ0v) is 10.8. The fourth-order valence-electron chi connectivity index (χ4n) is 1.62. The highest BCUT2D eigenvalue weighted by atomic mass is 16.6. The molecular formula is C12H16N2O4. The molecule has 98 valence electrons. The Morgan fingerprint density at radius 3 is 2.44 bits per heavy atom. The normalized spacial score (nSPS) is 11.1. The van der Waals surface area contributed by atoms with Crippen LogP contribution in [-0.2, 0) is 4.79 Å². The zero-order chi connectivity index (χ0) is 14.1. The van der Waals surface area contributed by atoms with Gasteiger partial charge in [0.2, 0.25) is 0 Å². The summed E-state index contributed by atoms with van der Waals surface area (Å²) in [6.45, 7) is 4.71. The largest absolute Gasteiger partial charge is 0.480 e. The molecule has 0 heterocycles. The highest BCUT2D eigenvalue weighted by Crippen LogP contribution is 2.31. The monoisotopic (exact) mass is 252 g/mol. The molecule has 18 heavy (non-hydrogen) atoms. The Morgan fingerprint density at radius 2 is 2.00 bits per heavy atom. The summed E-state index contributed by atoms with van der Waals surface area (Å²) in [5, 5.41) is 20.0. The Hall–Kier alpha value is -2.11. The number of benzene rings is 1. The highest BCUT2D eigenvalue weighted by Gasteiger charge is 2.33. The van der Waals surface area contributed by atoms with Crippen LogP contribution in [0.25, 0.3) is 0 Å². The molecule has 0 unspecified atom stereocenters. The fourth-order valence-corrected chi connectivity index (χ4v) is 1.62. The van der Waals surface area contributed by atoms with Gasteiger partial charge >= 0.3 is 5.97 Å². The molecule has 6 heteroatoms. The van der Waals surface area contributed by atoms with Gasteiger partial charge in [-0.3, -0.25) is 10.1 Å². The van der Waals surface area contributed by atoms with Crippen LogP contribution in [0.4, 0.5) is 11.4 Å². The van der Waals surface area contributed by atoms with E-state index in [1.165, 1.54) is 11.0 Å². The van der Waals surface area contributed by atoms with Crippen molar-refractivity contribution in [3.05, 3.63) is 33.9 Å². The number of carboxylic acid groups (broad SMARTS) is 1. The number of hydrogen-bond donors (Lipinski definition) is 1. The van der Waals surface area contributed by atoms with Crippen LogP contribution in [0.2, 0.25) is 0 Å². The number of aliphatic carboxylic acids is 1. The molecule has 0 aliphatic carbocycles. The lowest BCUT2D eigenvalue weighted by Gasteiger charge is -2.34. The summed E-state index contributed by atoms with van der Waals surface area (Å²) < 4.78 is 0. The van der Waals surface area contributed by atoms with E-state index in [1.54, 1.807) is 40.0 Å². The number of nitrogens with zero attached hydrogens (tertiary/aromatic N) is 2. The lowest BCUT2D eigenvalue weighted by molar-refractivity contribution is -0.385. The molecule has 1 rings (SSSR count). The molecule has 0 amide bonds. The van der Waals surface area contributed by atoms with Crippen LogP contribution in [0.15, 0.2) is 18.2 Å². The van der Waals surface area contributed by atoms with E-state index < -0.39 is 16.4 Å². The van der Waals surface area contributed by atoms with Gasteiger partial charge in [0.15, 0.2) is 0 Å². The van der Waals surface area contributed by atoms with E-state index in [2.05, 4.69) is 0 Å². The number of nitro groups is 1. The van der Waals surface area contributed by atoms with E-state index in [4.69, 9.17) is 5.11 Å². The van der Waals surface area contributed by atoms with Crippen molar-refractivity contribution in [3.8, 4) is 0 Å². The lowest BCUT2D eigenvalue weighted by Crippen LogP contribution is -2.48. The fraction of sp³-hybridized carbons (Fsp3) is 0.417. The molecule has 0 radical (unpaired) electrons. The first-order chi connectivity index (χ1) is 8.19. The number of anilines is 1. The second kappa shape index (κ2) is 4.64. The summed E-state index contributed by atoms with van der Waals surface area (Å²) in [7, 11) is 1.61. The molecule has 0 saturated carbocycles. The molecule has 0 bridgehead atoms. The van der Waals surface area contributed by atoms with Crippen molar-refractivity contribution >= 4 is 17.3 Å². The minimum Gasteiger partial charge on any atom is -0.480 e. The second-order valence-corrected chi connectivity index (χ2v) is 4.60. The van der Waals surface area contributed by atoms with Gasteiger partial charge in [0.05, 0.1) is 10.5 Å². The third-order valence-corrected chi connectivity index (χ3v) is 3.20. The first kappa shape index (κ1) is 14.0. The maximum atomic E-state index is 11.2. The van der Waals surface area contributed by atoms with Crippen LogP contribution < -0.4 is 4.90 Å². The van der Waals surface area contributed by atoms with Crippen LogP contribution in [0.1, 0.15) is 19.4 Å². The first-order valence-electron chi connectivity index (χ1n) is 5.40. The summed E-state index contributed by atoms with van der Waals surface area (Å²) in [5.74, 6) is -0.990. The maximum Gasteiger partial charge on any atom is 0.328 e. The van der Waals surface area contributed by atoms with Crippen molar-refractivity contribution in [2.24, 2.45) is 0 Å². The SMILES string of the molecule is Cc1c(N(C)C(C)(C)C(=O)O)cccc1[N+](=O)[O-]. The Bertz CT molecular complexity index is 497. The second-order valence-electron chi connectivity index (χ2n) is 4.60. The van der Waals surface area contributed by atoms with Gasteiger partial charge in [-0.1, -0.05) is 6.07 Å². The number of rotatable bonds is 4. The maximum absolute atomic E-state index is 11.2. The molecular weight excluding hydrogens is 236 g/mol. The van der Waals surface area contributed by atoms with Crippen LogP contribution in [0, 0.1) is 17.0 Å². The van der Waals surface area contributed by atoms with Crippen LogP contribution in [0.3, 0.4) is 0 Å². The number of likely N-dealkylation sites (N-methyl/N-ethyl adjacent to an activating group) is 1. The van der Waals surface area contributed by atoms with Crippen molar-refractivity contribution < 1.29 is 14.8 Å². The number of hydrogen-bond acceptors (Lipinski definition) is 4. The van der Waals surface area contributed by atoms with E-state index in [9.17, 15) is 14.9 Å². The molecule has 0 aliphatic rings. The minimum absolute atomic E-state index is 0.0134. The average Bonchev–Trinajstić information content (AvgIpc) is 2.27. The van der Waals surface area contributed by atoms with E-state index in [-0.39, 0.29) is 5.69 Å². The van der Waals surface area contributed by atoms with Gasteiger partial charge in [-0.25, -0.2) is 4.79 Å². The smallest absolute Gasteiger partial charge is 0.328 e. The van der Waals surface area contributed by atoms with Gasteiger partial charge in [0, 0.05) is 18.8 Å². The summed E-state index contributed by atoms with van der Waals surface area (Å²) in [5.41, 5.74) is -0.156. The summed E-state index contributed by atoms with van der Waals surface area (Å²) >= 11 is 0. The van der Waals surface area contributed by atoms with E-state index >= 15 is 0 Å². The quantitative estimate of drug-likeness (QED) is 0.656. The van der Waals surface area contributed by atoms with Gasteiger partial charge in [-0.2, -0.15) is 0 Å². The van der Waals surface area contributed by atoms with Crippen LogP contribution in [0.5, 0.6) is 0 Å². The van der Waals surface area contributed by atoms with Crippen molar-refractivity contribution in [2.45, 2.75) is 26.3 Å². The molecule has 0 aromatic heterocycles. The highest BCUT2D eigenvalue weighted by molar-refractivity contribution is 5.83. The molecule has 6 nitrogen and oxygen atoms in total. The summed E-state index contributed by atoms with van der Waals surface area (Å²) in [4.78, 5) is 23.1. The molecule has 1 N–H and O–H groups in total. The summed E-state index contributed by atoms with van der Waals surface area (Å²) in [6, 6.07) is 4.63.